The fourth-order valence-electron chi connectivity index (χ4n) is 0.835. The van der Waals surface area contributed by atoms with Crippen molar-refractivity contribution in [2.75, 3.05) is 5.75 Å². The van der Waals surface area contributed by atoms with E-state index in [-0.39, 0.29) is 0 Å². The SMILES string of the molecule is O=C=Nc1ccc(SCC(F)(F)F)cc1. The number of carbonyl (C=O) groups excluding carboxylic acids is 1. The zero-order valence-corrected chi connectivity index (χ0v) is 8.23. The van der Waals surface area contributed by atoms with Crippen LogP contribution in [0.25, 0.3) is 0 Å². The lowest BCUT2D eigenvalue weighted by Gasteiger charge is -2.05. The van der Waals surface area contributed by atoms with E-state index in [4.69, 9.17) is 0 Å². The molecule has 0 atom stereocenters. The van der Waals surface area contributed by atoms with E-state index in [9.17, 15) is 18.0 Å². The van der Waals surface area contributed by atoms with Crippen molar-refractivity contribution in [2.45, 2.75) is 11.1 Å². The van der Waals surface area contributed by atoms with Gasteiger partial charge in [-0.1, -0.05) is 0 Å². The van der Waals surface area contributed by atoms with Gasteiger partial charge in [0.15, 0.2) is 0 Å². The predicted octanol–water partition coefficient (Wildman–Crippen LogP) is 3.31. The number of alkyl halides is 3. The minimum absolute atomic E-state index is 0.376. The van der Waals surface area contributed by atoms with Crippen LogP contribution in [0.5, 0.6) is 0 Å². The first kappa shape index (κ1) is 11.8. The molecular formula is C9H6F3NOS. The van der Waals surface area contributed by atoms with E-state index in [1.807, 2.05) is 0 Å². The summed E-state index contributed by atoms with van der Waals surface area (Å²) in [6, 6.07) is 5.88. The molecule has 0 heterocycles. The maximum atomic E-state index is 11.9. The smallest absolute Gasteiger partial charge is 0.211 e. The van der Waals surface area contributed by atoms with Crippen LogP contribution in [0.2, 0.25) is 0 Å². The number of rotatable bonds is 3. The Morgan fingerprint density at radius 2 is 1.87 bits per heavy atom. The Bertz CT molecular complexity index is 368. The fourth-order valence-corrected chi connectivity index (χ4v) is 1.49. The summed E-state index contributed by atoms with van der Waals surface area (Å²) in [5.74, 6) is -0.927. The molecule has 1 aromatic rings. The molecule has 15 heavy (non-hydrogen) atoms. The van der Waals surface area contributed by atoms with Crippen molar-refractivity contribution in [1.29, 1.82) is 0 Å². The molecule has 0 aliphatic rings. The lowest BCUT2D eigenvalue weighted by atomic mass is 10.3. The molecule has 0 bridgehead atoms. The topological polar surface area (TPSA) is 29.4 Å². The van der Waals surface area contributed by atoms with Crippen molar-refractivity contribution >= 4 is 23.5 Å². The summed E-state index contributed by atoms with van der Waals surface area (Å²) in [7, 11) is 0. The van der Waals surface area contributed by atoms with E-state index in [0.29, 0.717) is 22.3 Å². The number of halogens is 3. The number of thioether (sulfide) groups is 1. The largest absolute Gasteiger partial charge is 0.398 e. The molecule has 0 amide bonds. The molecule has 0 saturated heterocycles. The van der Waals surface area contributed by atoms with Crippen molar-refractivity contribution in [3.05, 3.63) is 24.3 Å². The van der Waals surface area contributed by atoms with Gasteiger partial charge in [0.2, 0.25) is 6.08 Å². The number of hydrogen-bond acceptors (Lipinski definition) is 3. The Morgan fingerprint density at radius 3 is 2.33 bits per heavy atom. The molecule has 0 aliphatic heterocycles. The number of hydrogen-bond donors (Lipinski definition) is 0. The van der Waals surface area contributed by atoms with Crippen LogP contribution in [-0.2, 0) is 4.79 Å². The first-order valence-corrected chi connectivity index (χ1v) is 4.87. The van der Waals surface area contributed by atoms with Crippen LogP contribution >= 0.6 is 11.8 Å². The maximum Gasteiger partial charge on any atom is 0.398 e. The summed E-state index contributed by atoms with van der Waals surface area (Å²) in [5.41, 5.74) is 0.376. The first-order chi connectivity index (χ1) is 7.01. The zero-order chi connectivity index (χ0) is 11.3. The highest BCUT2D eigenvalue weighted by Gasteiger charge is 2.27. The standard InChI is InChI=1S/C9H6F3NOS/c10-9(11,12)5-15-8-3-1-7(2-4-8)13-6-14/h1-4H,5H2. The van der Waals surface area contributed by atoms with Gasteiger partial charge < -0.3 is 0 Å². The molecule has 1 rings (SSSR count). The van der Waals surface area contributed by atoms with Gasteiger partial charge in [-0.2, -0.15) is 18.2 Å². The zero-order valence-electron chi connectivity index (χ0n) is 7.41. The van der Waals surface area contributed by atoms with Gasteiger partial charge >= 0.3 is 6.18 Å². The second-order valence-electron chi connectivity index (χ2n) is 2.60. The van der Waals surface area contributed by atoms with Crippen LogP contribution in [0.4, 0.5) is 18.9 Å². The van der Waals surface area contributed by atoms with Crippen LogP contribution in [0.1, 0.15) is 0 Å². The number of isocyanates is 1. The summed E-state index contributed by atoms with van der Waals surface area (Å²) >= 11 is 0.689. The normalized spacial score (nSPS) is 10.9. The van der Waals surface area contributed by atoms with Gasteiger partial charge in [0, 0.05) is 4.90 Å². The highest BCUT2D eigenvalue weighted by molar-refractivity contribution is 7.99. The van der Waals surface area contributed by atoms with Gasteiger partial charge in [0.1, 0.15) is 0 Å². The van der Waals surface area contributed by atoms with Gasteiger partial charge in [-0.3, -0.25) is 0 Å². The molecule has 0 saturated carbocycles. The van der Waals surface area contributed by atoms with Crippen LogP contribution in [0.15, 0.2) is 34.2 Å². The van der Waals surface area contributed by atoms with Gasteiger partial charge in [-0.15, -0.1) is 11.8 Å². The number of benzene rings is 1. The fraction of sp³-hybridized carbons (Fsp3) is 0.222. The van der Waals surface area contributed by atoms with Crippen molar-refractivity contribution in [1.82, 2.24) is 0 Å². The van der Waals surface area contributed by atoms with Gasteiger partial charge in [-0.05, 0) is 24.3 Å². The summed E-state index contributed by atoms with van der Waals surface area (Å²) in [6.45, 7) is 0. The summed E-state index contributed by atoms with van der Waals surface area (Å²) in [4.78, 5) is 13.7. The van der Waals surface area contributed by atoms with Crippen LogP contribution in [0, 0.1) is 0 Å². The van der Waals surface area contributed by atoms with E-state index in [2.05, 4.69) is 4.99 Å². The third-order valence-corrected chi connectivity index (χ3v) is 2.49. The molecule has 0 N–H and O–H groups in total. The van der Waals surface area contributed by atoms with Crippen LogP contribution < -0.4 is 0 Å². The summed E-state index contributed by atoms with van der Waals surface area (Å²) in [5, 5.41) is 0. The van der Waals surface area contributed by atoms with E-state index in [1.165, 1.54) is 30.3 Å². The Kier molecular flexibility index (Phi) is 3.94. The minimum atomic E-state index is -4.18. The summed E-state index contributed by atoms with van der Waals surface area (Å²) < 4.78 is 35.6. The monoisotopic (exact) mass is 233 g/mol. The number of aliphatic imine (C=N–C) groups is 1. The molecule has 0 aliphatic carbocycles. The van der Waals surface area contributed by atoms with E-state index < -0.39 is 11.9 Å². The van der Waals surface area contributed by atoms with Gasteiger partial charge in [-0.25, -0.2) is 4.79 Å². The maximum absolute atomic E-state index is 11.9. The molecule has 0 aromatic heterocycles. The Labute approximate surface area is 88.2 Å². The molecule has 6 heteroatoms. The first-order valence-electron chi connectivity index (χ1n) is 3.89. The second-order valence-corrected chi connectivity index (χ2v) is 3.65. The third-order valence-electron chi connectivity index (χ3n) is 1.41. The molecular weight excluding hydrogens is 227 g/mol. The molecule has 1 aromatic carbocycles. The highest BCUT2D eigenvalue weighted by Crippen LogP contribution is 2.28. The lowest BCUT2D eigenvalue weighted by Crippen LogP contribution is -2.10. The van der Waals surface area contributed by atoms with Crippen molar-refractivity contribution in [3.8, 4) is 0 Å². The molecule has 0 unspecified atom stereocenters. The highest BCUT2D eigenvalue weighted by atomic mass is 32.2. The molecule has 0 fully saturated rings. The van der Waals surface area contributed by atoms with Crippen molar-refractivity contribution < 1.29 is 18.0 Å². The van der Waals surface area contributed by atoms with E-state index >= 15 is 0 Å². The minimum Gasteiger partial charge on any atom is -0.211 e. The van der Waals surface area contributed by atoms with E-state index in [0.717, 1.165) is 0 Å². The Hall–Kier alpha value is -1.26. The average molecular weight is 233 g/mol. The lowest BCUT2D eigenvalue weighted by molar-refractivity contribution is -0.105. The number of nitrogens with zero attached hydrogens (tertiary/aromatic N) is 1. The molecule has 0 radical (unpaired) electrons. The predicted molar refractivity (Wildman–Crippen MR) is 51.0 cm³/mol. The quantitative estimate of drug-likeness (QED) is 0.455. The Morgan fingerprint density at radius 1 is 1.27 bits per heavy atom. The van der Waals surface area contributed by atoms with Crippen LogP contribution in [-0.4, -0.2) is 18.0 Å². The van der Waals surface area contributed by atoms with E-state index in [1.54, 1.807) is 0 Å². The average Bonchev–Trinajstić information content (AvgIpc) is 2.16. The second kappa shape index (κ2) is 5.00. The molecule has 0 spiro atoms. The van der Waals surface area contributed by atoms with Crippen molar-refractivity contribution in [2.24, 2.45) is 4.99 Å². The van der Waals surface area contributed by atoms with Crippen molar-refractivity contribution in [3.63, 3.8) is 0 Å². The Balaban J connectivity index is 2.61. The van der Waals surface area contributed by atoms with Gasteiger partial charge in [0.05, 0.1) is 11.4 Å². The summed E-state index contributed by atoms with van der Waals surface area (Å²) in [6.07, 6.45) is -2.83. The molecule has 80 valence electrons. The van der Waals surface area contributed by atoms with Crippen LogP contribution in [0.3, 0.4) is 0 Å². The van der Waals surface area contributed by atoms with Gasteiger partial charge in [0.25, 0.3) is 0 Å². The third kappa shape index (κ3) is 4.67. The molecule has 2 nitrogen and oxygen atoms in total.